The number of nitrogen functional groups attached to an aromatic ring is 1. The molecule has 7 heteroatoms. The van der Waals surface area contributed by atoms with Crippen molar-refractivity contribution in [2.45, 2.75) is 38.3 Å². The van der Waals surface area contributed by atoms with Crippen molar-refractivity contribution in [3.63, 3.8) is 0 Å². The van der Waals surface area contributed by atoms with E-state index in [1.54, 1.807) is 0 Å². The molecule has 4 aromatic rings. The lowest BCUT2D eigenvalue weighted by molar-refractivity contribution is 0.0940. The van der Waals surface area contributed by atoms with Crippen molar-refractivity contribution in [2.75, 3.05) is 5.73 Å². The summed E-state index contributed by atoms with van der Waals surface area (Å²) in [6.07, 6.45) is 4.27. The van der Waals surface area contributed by atoms with E-state index >= 15 is 0 Å². The van der Waals surface area contributed by atoms with Gasteiger partial charge >= 0.3 is 0 Å². The van der Waals surface area contributed by atoms with Crippen LogP contribution in [0.4, 0.5) is 5.82 Å². The summed E-state index contributed by atoms with van der Waals surface area (Å²) in [6, 6.07) is 15.4. The average molecular weight is 420 g/mol. The molecule has 0 radical (unpaired) electrons. The molecule has 0 atom stereocenters. The van der Waals surface area contributed by atoms with E-state index in [1.807, 2.05) is 53.1 Å². The van der Waals surface area contributed by atoms with E-state index in [-0.39, 0.29) is 11.9 Å². The third-order valence-electron chi connectivity index (χ3n) is 5.80. The van der Waals surface area contributed by atoms with Gasteiger partial charge in [0.25, 0.3) is 5.91 Å². The second-order valence-corrected chi connectivity index (χ2v) is 8.18. The first kappa shape index (κ1) is 18.9. The maximum atomic E-state index is 13.2. The highest BCUT2D eigenvalue weighted by molar-refractivity contribution is 6.31. The van der Waals surface area contributed by atoms with Crippen LogP contribution < -0.4 is 11.1 Å². The number of fused-ring (bicyclic) bond motifs is 2. The lowest BCUT2D eigenvalue weighted by Gasteiger charge is -2.12. The number of anilines is 1. The molecule has 5 rings (SSSR count). The smallest absolute Gasteiger partial charge is 0.257 e. The van der Waals surface area contributed by atoms with Crippen molar-refractivity contribution in [3.8, 4) is 0 Å². The molecule has 1 aliphatic carbocycles. The van der Waals surface area contributed by atoms with E-state index in [1.165, 1.54) is 0 Å². The summed E-state index contributed by atoms with van der Waals surface area (Å²) in [7, 11) is 0. The van der Waals surface area contributed by atoms with Gasteiger partial charge in [-0.05, 0) is 36.6 Å². The molecule has 1 saturated carbocycles. The Morgan fingerprint density at radius 1 is 1.07 bits per heavy atom. The highest BCUT2D eigenvalue weighted by atomic mass is 35.5. The third kappa shape index (κ3) is 3.27. The monoisotopic (exact) mass is 419 g/mol. The Bertz CT molecular complexity index is 1260. The Morgan fingerprint density at radius 2 is 1.73 bits per heavy atom. The molecule has 152 valence electrons. The number of hydrogen-bond donors (Lipinski definition) is 2. The zero-order valence-electron chi connectivity index (χ0n) is 16.4. The number of benzene rings is 2. The summed E-state index contributed by atoms with van der Waals surface area (Å²) in [4.78, 5) is 22.8. The number of amides is 1. The van der Waals surface area contributed by atoms with E-state index in [0.29, 0.717) is 34.1 Å². The Kier molecular flexibility index (Phi) is 4.79. The number of nitrogens with one attached hydrogen (secondary N) is 1. The van der Waals surface area contributed by atoms with Gasteiger partial charge in [0.15, 0.2) is 5.65 Å². The molecule has 0 saturated heterocycles. The zero-order valence-corrected chi connectivity index (χ0v) is 17.2. The van der Waals surface area contributed by atoms with Gasteiger partial charge in [0.2, 0.25) is 0 Å². The molecule has 1 fully saturated rings. The minimum atomic E-state index is -0.188. The first-order chi connectivity index (χ1) is 14.6. The van der Waals surface area contributed by atoms with Crippen LogP contribution in [0.1, 0.15) is 41.6 Å². The quantitative estimate of drug-likeness (QED) is 0.508. The summed E-state index contributed by atoms with van der Waals surface area (Å²) in [5, 5.41) is 3.78. The SMILES string of the molecule is Nc1c(C(=O)NC2CCCC2)c2nc3ccccc3nc2n1Cc1ccccc1Cl. The highest BCUT2D eigenvalue weighted by Crippen LogP contribution is 2.30. The van der Waals surface area contributed by atoms with Gasteiger partial charge in [-0.3, -0.25) is 4.79 Å². The predicted molar refractivity (Wildman–Crippen MR) is 120 cm³/mol. The standard InChI is InChI=1S/C23H22ClN5O/c24-16-10-4-1-7-14(16)13-29-21(25)19(23(30)26-15-8-2-3-9-15)20-22(29)28-18-12-6-5-11-17(18)27-20/h1,4-7,10-12,15H,2-3,8-9,13,25H2,(H,26,30). The molecular weight excluding hydrogens is 398 g/mol. The van der Waals surface area contributed by atoms with Gasteiger partial charge in [-0.25, -0.2) is 9.97 Å². The maximum Gasteiger partial charge on any atom is 0.257 e. The van der Waals surface area contributed by atoms with Gasteiger partial charge in [0.05, 0.1) is 17.6 Å². The van der Waals surface area contributed by atoms with Crippen molar-refractivity contribution < 1.29 is 4.79 Å². The van der Waals surface area contributed by atoms with Crippen molar-refractivity contribution in [1.82, 2.24) is 19.9 Å². The number of aromatic nitrogens is 3. The average Bonchev–Trinajstić information content (AvgIpc) is 3.34. The topological polar surface area (TPSA) is 85.8 Å². The van der Waals surface area contributed by atoms with Crippen LogP contribution in [0.25, 0.3) is 22.2 Å². The fourth-order valence-corrected chi connectivity index (χ4v) is 4.42. The first-order valence-corrected chi connectivity index (χ1v) is 10.6. The second-order valence-electron chi connectivity index (χ2n) is 7.78. The molecule has 2 aromatic carbocycles. The lowest BCUT2D eigenvalue weighted by Crippen LogP contribution is -2.33. The molecule has 30 heavy (non-hydrogen) atoms. The van der Waals surface area contributed by atoms with Crippen LogP contribution in [0.15, 0.2) is 48.5 Å². The molecular formula is C23H22ClN5O. The fourth-order valence-electron chi connectivity index (χ4n) is 4.23. The van der Waals surface area contributed by atoms with Crippen molar-refractivity contribution >= 4 is 45.5 Å². The molecule has 2 aromatic heterocycles. The Balaban J connectivity index is 1.68. The Labute approximate surface area is 179 Å². The van der Waals surface area contributed by atoms with Gasteiger partial charge < -0.3 is 15.6 Å². The minimum Gasteiger partial charge on any atom is -0.384 e. The van der Waals surface area contributed by atoms with E-state index in [0.717, 1.165) is 42.3 Å². The summed E-state index contributed by atoms with van der Waals surface area (Å²) in [5.74, 6) is 0.169. The first-order valence-electron chi connectivity index (χ1n) is 10.2. The van der Waals surface area contributed by atoms with Gasteiger partial charge in [-0.2, -0.15) is 0 Å². The normalized spacial score (nSPS) is 14.6. The van der Waals surface area contributed by atoms with Crippen molar-refractivity contribution in [2.24, 2.45) is 0 Å². The minimum absolute atomic E-state index is 0.187. The lowest BCUT2D eigenvalue weighted by atomic mass is 10.2. The van der Waals surface area contributed by atoms with Gasteiger partial charge in [0.1, 0.15) is 16.9 Å². The van der Waals surface area contributed by atoms with Crippen LogP contribution in [0.3, 0.4) is 0 Å². The number of nitrogens with zero attached hydrogens (tertiary/aromatic N) is 3. The van der Waals surface area contributed by atoms with Crippen LogP contribution in [0.2, 0.25) is 5.02 Å². The van der Waals surface area contributed by atoms with E-state index in [2.05, 4.69) is 5.32 Å². The number of halogens is 1. The molecule has 0 bridgehead atoms. The number of rotatable bonds is 4. The van der Waals surface area contributed by atoms with Crippen molar-refractivity contribution in [1.29, 1.82) is 0 Å². The summed E-state index contributed by atoms with van der Waals surface area (Å²) in [6.45, 7) is 0.408. The fraction of sp³-hybridized carbons (Fsp3) is 0.261. The molecule has 0 aliphatic heterocycles. The molecule has 2 heterocycles. The van der Waals surface area contributed by atoms with Gasteiger partial charge in [-0.1, -0.05) is 54.8 Å². The predicted octanol–water partition coefficient (Wildman–Crippen LogP) is 4.54. The van der Waals surface area contributed by atoms with Gasteiger partial charge in [0, 0.05) is 11.1 Å². The molecule has 0 unspecified atom stereocenters. The van der Waals surface area contributed by atoms with Crippen LogP contribution in [-0.2, 0) is 6.54 Å². The number of carbonyl (C=O) groups excluding carboxylic acids is 1. The molecule has 6 nitrogen and oxygen atoms in total. The second kappa shape index (κ2) is 7.61. The molecule has 1 aliphatic rings. The molecule has 1 amide bonds. The number of hydrogen-bond acceptors (Lipinski definition) is 4. The van der Waals surface area contributed by atoms with E-state index in [4.69, 9.17) is 27.3 Å². The summed E-state index contributed by atoms with van der Waals surface area (Å²) in [5.41, 5.74) is 10.4. The summed E-state index contributed by atoms with van der Waals surface area (Å²) >= 11 is 6.39. The molecule has 0 spiro atoms. The largest absolute Gasteiger partial charge is 0.384 e. The number of para-hydroxylation sites is 2. The van der Waals surface area contributed by atoms with Crippen LogP contribution in [0.5, 0.6) is 0 Å². The molecule has 3 N–H and O–H groups in total. The third-order valence-corrected chi connectivity index (χ3v) is 6.16. The van der Waals surface area contributed by atoms with Gasteiger partial charge in [-0.15, -0.1) is 0 Å². The number of carbonyl (C=O) groups is 1. The van der Waals surface area contributed by atoms with Crippen molar-refractivity contribution in [3.05, 3.63) is 64.7 Å². The van der Waals surface area contributed by atoms with Crippen LogP contribution in [0, 0.1) is 0 Å². The Morgan fingerprint density at radius 3 is 2.47 bits per heavy atom. The summed E-state index contributed by atoms with van der Waals surface area (Å²) < 4.78 is 1.83. The maximum absolute atomic E-state index is 13.2. The highest BCUT2D eigenvalue weighted by Gasteiger charge is 2.26. The van der Waals surface area contributed by atoms with Crippen LogP contribution >= 0.6 is 11.6 Å². The number of nitrogens with two attached hydrogens (primary N) is 1. The zero-order chi connectivity index (χ0) is 20.7. The Hall–Kier alpha value is -3.12. The van der Waals surface area contributed by atoms with E-state index in [9.17, 15) is 4.79 Å². The van der Waals surface area contributed by atoms with E-state index < -0.39 is 0 Å². The van der Waals surface area contributed by atoms with Crippen LogP contribution in [-0.4, -0.2) is 26.5 Å².